The molecular formula is C25H34ClN3O4S. The first-order chi connectivity index (χ1) is 15.9. The van der Waals surface area contributed by atoms with E-state index in [9.17, 15) is 18.0 Å². The summed E-state index contributed by atoms with van der Waals surface area (Å²) in [5, 5.41) is 3.36. The predicted molar refractivity (Wildman–Crippen MR) is 137 cm³/mol. The van der Waals surface area contributed by atoms with E-state index in [0.717, 1.165) is 21.7 Å². The second kappa shape index (κ2) is 12.2. The van der Waals surface area contributed by atoms with Gasteiger partial charge in [-0.2, -0.15) is 0 Å². The predicted octanol–water partition coefficient (Wildman–Crippen LogP) is 3.99. The molecule has 1 N–H and O–H groups in total. The number of carbonyl (C=O) groups excluding carboxylic acids is 2. The van der Waals surface area contributed by atoms with E-state index in [-0.39, 0.29) is 18.4 Å². The van der Waals surface area contributed by atoms with Crippen molar-refractivity contribution in [1.29, 1.82) is 0 Å². The molecule has 0 saturated heterocycles. The molecule has 186 valence electrons. The highest BCUT2D eigenvalue weighted by atomic mass is 35.5. The van der Waals surface area contributed by atoms with E-state index in [1.54, 1.807) is 24.3 Å². The Bertz CT molecular complexity index is 1090. The van der Waals surface area contributed by atoms with Crippen LogP contribution in [-0.4, -0.2) is 50.5 Å². The topological polar surface area (TPSA) is 86.8 Å². The maximum absolute atomic E-state index is 13.6. The highest BCUT2D eigenvalue weighted by Gasteiger charge is 2.31. The number of anilines is 1. The molecule has 0 aliphatic rings. The molecule has 0 saturated carbocycles. The zero-order chi connectivity index (χ0) is 25.5. The Kier molecular flexibility index (Phi) is 9.94. The first kappa shape index (κ1) is 27.7. The first-order valence-corrected chi connectivity index (χ1v) is 13.5. The van der Waals surface area contributed by atoms with Crippen LogP contribution in [0.3, 0.4) is 0 Å². The van der Waals surface area contributed by atoms with E-state index < -0.39 is 28.5 Å². The van der Waals surface area contributed by atoms with Gasteiger partial charge in [0.05, 0.1) is 11.9 Å². The number of amides is 2. The van der Waals surface area contributed by atoms with Crippen LogP contribution in [-0.2, 0) is 26.2 Å². The van der Waals surface area contributed by atoms with Crippen molar-refractivity contribution in [2.45, 2.75) is 46.7 Å². The molecule has 0 aromatic heterocycles. The number of nitrogens with one attached hydrogen (secondary N) is 1. The zero-order valence-electron chi connectivity index (χ0n) is 20.4. The molecular weight excluding hydrogens is 474 g/mol. The van der Waals surface area contributed by atoms with Gasteiger partial charge >= 0.3 is 0 Å². The van der Waals surface area contributed by atoms with Crippen molar-refractivity contribution < 1.29 is 18.0 Å². The lowest BCUT2D eigenvalue weighted by Gasteiger charge is -2.33. The fourth-order valence-electron chi connectivity index (χ4n) is 3.57. The summed E-state index contributed by atoms with van der Waals surface area (Å²) >= 11 is 5.95. The van der Waals surface area contributed by atoms with E-state index in [2.05, 4.69) is 5.32 Å². The smallest absolute Gasteiger partial charge is 0.244 e. The minimum atomic E-state index is -3.77. The lowest BCUT2D eigenvalue weighted by molar-refractivity contribution is -0.140. The molecule has 0 unspecified atom stereocenters. The van der Waals surface area contributed by atoms with Gasteiger partial charge in [0.25, 0.3) is 0 Å². The van der Waals surface area contributed by atoms with Crippen LogP contribution in [0, 0.1) is 12.8 Å². The molecule has 0 spiro atoms. The molecule has 7 nitrogen and oxygen atoms in total. The van der Waals surface area contributed by atoms with E-state index in [4.69, 9.17) is 11.6 Å². The summed E-state index contributed by atoms with van der Waals surface area (Å²) in [5.74, 6) is -0.462. The number of rotatable bonds is 11. The van der Waals surface area contributed by atoms with Crippen LogP contribution in [0.15, 0.2) is 48.5 Å². The highest BCUT2D eigenvalue weighted by molar-refractivity contribution is 7.92. The van der Waals surface area contributed by atoms with E-state index in [0.29, 0.717) is 23.7 Å². The minimum Gasteiger partial charge on any atom is -0.354 e. The first-order valence-electron chi connectivity index (χ1n) is 11.3. The van der Waals surface area contributed by atoms with E-state index in [1.165, 1.54) is 4.90 Å². The number of nitrogens with zero attached hydrogens (tertiary/aromatic N) is 2. The third kappa shape index (κ3) is 8.02. The van der Waals surface area contributed by atoms with Gasteiger partial charge in [-0.05, 0) is 49.1 Å². The van der Waals surface area contributed by atoms with Crippen molar-refractivity contribution in [2.24, 2.45) is 5.92 Å². The van der Waals surface area contributed by atoms with Crippen LogP contribution in [0.1, 0.15) is 38.3 Å². The Morgan fingerprint density at radius 2 is 1.74 bits per heavy atom. The van der Waals surface area contributed by atoms with Crippen molar-refractivity contribution >= 4 is 39.1 Å². The van der Waals surface area contributed by atoms with Gasteiger partial charge in [-0.15, -0.1) is 0 Å². The van der Waals surface area contributed by atoms with E-state index >= 15 is 0 Å². The van der Waals surface area contributed by atoms with Gasteiger partial charge in [-0.25, -0.2) is 8.42 Å². The third-order valence-corrected chi connectivity index (χ3v) is 6.69. The number of halogens is 1. The van der Waals surface area contributed by atoms with Crippen molar-refractivity contribution in [3.8, 4) is 0 Å². The van der Waals surface area contributed by atoms with Crippen LogP contribution in [0.2, 0.25) is 5.02 Å². The lowest BCUT2D eigenvalue weighted by Crippen LogP contribution is -2.52. The van der Waals surface area contributed by atoms with Crippen molar-refractivity contribution in [3.05, 3.63) is 64.7 Å². The molecule has 0 aliphatic carbocycles. The average Bonchev–Trinajstić information content (AvgIpc) is 2.75. The number of hydrogen-bond donors (Lipinski definition) is 1. The summed E-state index contributed by atoms with van der Waals surface area (Å²) in [5.41, 5.74) is 2.22. The van der Waals surface area contributed by atoms with Gasteiger partial charge in [-0.1, -0.05) is 62.2 Å². The van der Waals surface area contributed by atoms with Crippen molar-refractivity contribution in [2.75, 3.05) is 23.7 Å². The molecule has 34 heavy (non-hydrogen) atoms. The standard InChI is InChI=1S/C25H34ClN3O4S/c1-6-23(25(31)27-15-18(2)3)28(16-20-9-7-8-19(4)14-20)24(30)17-29(34(5,32)33)22-12-10-21(26)11-13-22/h7-14,18,23H,6,15-17H2,1-5H3,(H,27,31)/t23-/m0/s1. The van der Waals surface area contributed by atoms with Crippen LogP contribution in [0.25, 0.3) is 0 Å². The largest absolute Gasteiger partial charge is 0.354 e. The summed E-state index contributed by atoms with van der Waals surface area (Å²) in [4.78, 5) is 28.1. The molecule has 2 amide bonds. The third-order valence-electron chi connectivity index (χ3n) is 5.30. The zero-order valence-corrected chi connectivity index (χ0v) is 22.0. The van der Waals surface area contributed by atoms with Gasteiger partial charge in [0, 0.05) is 18.1 Å². The molecule has 2 aromatic rings. The number of carbonyl (C=O) groups is 2. The Morgan fingerprint density at radius 1 is 1.09 bits per heavy atom. The maximum Gasteiger partial charge on any atom is 0.244 e. The molecule has 0 aliphatic heterocycles. The van der Waals surface area contributed by atoms with Crippen LogP contribution in [0.5, 0.6) is 0 Å². The van der Waals surface area contributed by atoms with Gasteiger partial charge in [0.1, 0.15) is 12.6 Å². The number of sulfonamides is 1. The lowest BCUT2D eigenvalue weighted by atomic mass is 10.1. The number of aryl methyl sites for hydroxylation is 1. The Balaban J connectivity index is 2.41. The second-order valence-corrected chi connectivity index (χ2v) is 11.2. The maximum atomic E-state index is 13.6. The summed E-state index contributed by atoms with van der Waals surface area (Å²) in [6.45, 7) is 8.02. The quantitative estimate of drug-likeness (QED) is 0.498. The molecule has 9 heteroatoms. The molecule has 0 heterocycles. The Labute approximate surface area is 208 Å². The molecule has 1 atom stereocenters. The summed E-state index contributed by atoms with van der Waals surface area (Å²) in [6, 6.07) is 13.2. The summed E-state index contributed by atoms with van der Waals surface area (Å²) in [6.07, 6.45) is 1.44. The normalized spacial score (nSPS) is 12.3. The minimum absolute atomic E-state index is 0.187. The second-order valence-electron chi connectivity index (χ2n) is 8.82. The van der Waals surface area contributed by atoms with Crippen LogP contribution >= 0.6 is 11.6 Å². The van der Waals surface area contributed by atoms with Gasteiger partial charge < -0.3 is 10.2 Å². The Hall–Kier alpha value is -2.58. The number of benzene rings is 2. The highest BCUT2D eigenvalue weighted by Crippen LogP contribution is 2.22. The monoisotopic (exact) mass is 507 g/mol. The summed E-state index contributed by atoms with van der Waals surface area (Å²) < 4.78 is 26.2. The fraction of sp³-hybridized carbons (Fsp3) is 0.440. The average molecular weight is 508 g/mol. The van der Waals surface area contributed by atoms with E-state index in [1.807, 2.05) is 52.0 Å². The summed E-state index contributed by atoms with van der Waals surface area (Å²) in [7, 11) is -3.77. The molecule has 0 radical (unpaired) electrons. The SMILES string of the molecule is CC[C@@H](C(=O)NCC(C)C)N(Cc1cccc(C)c1)C(=O)CN(c1ccc(Cl)cc1)S(C)(=O)=O. The van der Waals surface area contributed by atoms with Crippen LogP contribution < -0.4 is 9.62 Å². The molecule has 0 fully saturated rings. The van der Waals surface area contributed by atoms with Crippen molar-refractivity contribution in [1.82, 2.24) is 10.2 Å². The fourth-order valence-corrected chi connectivity index (χ4v) is 4.55. The molecule has 2 aromatic carbocycles. The van der Waals surface area contributed by atoms with Crippen molar-refractivity contribution in [3.63, 3.8) is 0 Å². The van der Waals surface area contributed by atoms with Gasteiger partial charge in [0.2, 0.25) is 21.8 Å². The van der Waals surface area contributed by atoms with Gasteiger partial charge in [-0.3, -0.25) is 13.9 Å². The van der Waals surface area contributed by atoms with Gasteiger partial charge in [0.15, 0.2) is 0 Å². The van der Waals surface area contributed by atoms with Crippen LogP contribution in [0.4, 0.5) is 5.69 Å². The molecule has 2 rings (SSSR count). The number of hydrogen-bond acceptors (Lipinski definition) is 4. The molecule has 0 bridgehead atoms. The Morgan fingerprint density at radius 3 is 2.26 bits per heavy atom.